The molecule has 1 saturated heterocycles. The maximum absolute atomic E-state index is 12.6. The van der Waals surface area contributed by atoms with Gasteiger partial charge in [0, 0.05) is 38.8 Å². The summed E-state index contributed by atoms with van der Waals surface area (Å²) in [6.45, 7) is 6.10. The van der Waals surface area contributed by atoms with E-state index in [-0.39, 0.29) is 5.91 Å². The number of carbonyl (C=O) groups excluding carboxylic acids is 1. The summed E-state index contributed by atoms with van der Waals surface area (Å²) in [5.41, 5.74) is 2.66. The standard InChI is InChI=1S/C18H32N4O2/c1-14-16(15(2)21(5)19-14)7-8-17(23)22-11-6-9-18(24,10-12-22)13-20(3)4/h24H,6-13H2,1-5H3/t18-/m0/s1. The van der Waals surface area contributed by atoms with E-state index in [1.165, 1.54) is 5.56 Å². The molecule has 1 aliphatic heterocycles. The Morgan fingerprint density at radius 3 is 2.58 bits per heavy atom. The van der Waals surface area contributed by atoms with Gasteiger partial charge in [-0.2, -0.15) is 5.10 Å². The number of amides is 1. The molecule has 1 fully saturated rings. The predicted molar refractivity (Wildman–Crippen MR) is 94.9 cm³/mol. The first kappa shape index (κ1) is 18.9. The third kappa shape index (κ3) is 4.57. The topological polar surface area (TPSA) is 61.6 Å². The van der Waals surface area contributed by atoms with Crippen LogP contribution in [-0.2, 0) is 18.3 Å². The fourth-order valence-electron chi connectivity index (χ4n) is 3.74. The van der Waals surface area contributed by atoms with E-state index in [4.69, 9.17) is 0 Å². The highest BCUT2D eigenvalue weighted by atomic mass is 16.3. The zero-order valence-corrected chi connectivity index (χ0v) is 15.8. The SMILES string of the molecule is Cc1nn(C)c(C)c1CCC(=O)N1CCC[C@@](O)(CN(C)C)CC1. The normalized spacial score (nSPS) is 22.0. The monoisotopic (exact) mass is 336 g/mol. The highest BCUT2D eigenvalue weighted by molar-refractivity contribution is 5.76. The van der Waals surface area contributed by atoms with Crippen LogP contribution in [0.1, 0.15) is 42.6 Å². The summed E-state index contributed by atoms with van der Waals surface area (Å²) in [6, 6.07) is 0. The van der Waals surface area contributed by atoms with E-state index in [2.05, 4.69) is 5.10 Å². The molecule has 0 aliphatic carbocycles. The fraction of sp³-hybridized carbons (Fsp3) is 0.778. The zero-order chi connectivity index (χ0) is 17.9. The molecule has 1 aliphatic rings. The Kier molecular flexibility index (Phi) is 6.04. The van der Waals surface area contributed by atoms with Gasteiger partial charge >= 0.3 is 0 Å². The van der Waals surface area contributed by atoms with Crippen LogP contribution in [0.15, 0.2) is 0 Å². The second kappa shape index (κ2) is 7.66. The largest absolute Gasteiger partial charge is 0.388 e. The van der Waals surface area contributed by atoms with Crippen LogP contribution in [0.25, 0.3) is 0 Å². The second-order valence-electron chi connectivity index (χ2n) is 7.47. The van der Waals surface area contributed by atoms with Crippen LogP contribution in [-0.4, -0.2) is 69.9 Å². The Hall–Kier alpha value is -1.40. The maximum atomic E-state index is 12.6. The molecule has 136 valence electrons. The lowest BCUT2D eigenvalue weighted by Crippen LogP contribution is -2.41. The van der Waals surface area contributed by atoms with Crippen LogP contribution in [0.3, 0.4) is 0 Å². The summed E-state index contributed by atoms with van der Waals surface area (Å²) >= 11 is 0. The van der Waals surface area contributed by atoms with Gasteiger partial charge in [-0.15, -0.1) is 0 Å². The van der Waals surface area contributed by atoms with Gasteiger partial charge in [-0.25, -0.2) is 0 Å². The third-order valence-electron chi connectivity index (χ3n) is 5.13. The van der Waals surface area contributed by atoms with Gasteiger partial charge in [0.2, 0.25) is 5.91 Å². The van der Waals surface area contributed by atoms with E-state index in [0.29, 0.717) is 25.9 Å². The first-order chi connectivity index (χ1) is 11.2. The molecule has 6 heteroatoms. The molecule has 24 heavy (non-hydrogen) atoms. The lowest BCUT2D eigenvalue weighted by Gasteiger charge is -2.30. The Morgan fingerprint density at radius 2 is 2.00 bits per heavy atom. The summed E-state index contributed by atoms with van der Waals surface area (Å²) in [4.78, 5) is 16.5. The molecule has 0 saturated carbocycles. The van der Waals surface area contributed by atoms with Crippen molar-refractivity contribution in [2.45, 2.75) is 51.6 Å². The lowest BCUT2D eigenvalue weighted by atomic mass is 9.94. The van der Waals surface area contributed by atoms with Crippen LogP contribution < -0.4 is 0 Å². The number of likely N-dealkylation sites (tertiary alicyclic amines) is 1. The van der Waals surface area contributed by atoms with E-state index in [1.54, 1.807) is 0 Å². The van der Waals surface area contributed by atoms with E-state index in [1.807, 2.05) is 49.5 Å². The highest BCUT2D eigenvalue weighted by Crippen LogP contribution is 2.24. The average molecular weight is 336 g/mol. The fourth-order valence-corrected chi connectivity index (χ4v) is 3.74. The van der Waals surface area contributed by atoms with Gasteiger partial charge < -0.3 is 14.9 Å². The number of hydrogen-bond donors (Lipinski definition) is 1. The van der Waals surface area contributed by atoms with Crippen LogP contribution in [0.5, 0.6) is 0 Å². The number of nitrogens with zero attached hydrogens (tertiary/aromatic N) is 4. The number of aromatic nitrogens is 2. The minimum Gasteiger partial charge on any atom is -0.388 e. The zero-order valence-electron chi connectivity index (χ0n) is 15.8. The minimum atomic E-state index is -0.672. The molecule has 0 bridgehead atoms. The van der Waals surface area contributed by atoms with Gasteiger partial charge in [0.1, 0.15) is 0 Å². The molecule has 0 aromatic carbocycles. The lowest BCUT2D eigenvalue weighted by molar-refractivity contribution is -0.131. The van der Waals surface area contributed by atoms with Crippen molar-refractivity contribution in [3.05, 3.63) is 17.0 Å². The first-order valence-electron chi connectivity index (χ1n) is 8.86. The summed E-state index contributed by atoms with van der Waals surface area (Å²) in [5, 5.41) is 15.1. The number of aliphatic hydroxyl groups is 1. The van der Waals surface area contributed by atoms with Crippen molar-refractivity contribution in [3.63, 3.8) is 0 Å². The quantitative estimate of drug-likeness (QED) is 0.880. The molecule has 1 atom stereocenters. The van der Waals surface area contributed by atoms with Gasteiger partial charge in [0.05, 0.1) is 11.3 Å². The van der Waals surface area contributed by atoms with Crippen LogP contribution in [0, 0.1) is 13.8 Å². The predicted octanol–water partition coefficient (Wildman–Crippen LogP) is 1.27. The van der Waals surface area contributed by atoms with Crippen molar-refractivity contribution in [1.82, 2.24) is 19.6 Å². The molecule has 0 unspecified atom stereocenters. The van der Waals surface area contributed by atoms with Crippen molar-refractivity contribution in [1.29, 1.82) is 0 Å². The molecule has 0 radical (unpaired) electrons. The Morgan fingerprint density at radius 1 is 1.29 bits per heavy atom. The number of rotatable bonds is 5. The summed E-state index contributed by atoms with van der Waals surface area (Å²) < 4.78 is 1.88. The summed E-state index contributed by atoms with van der Waals surface area (Å²) in [7, 11) is 5.89. The number of likely N-dealkylation sites (N-methyl/N-ethyl adjacent to an activating group) is 1. The van der Waals surface area contributed by atoms with E-state index in [9.17, 15) is 9.90 Å². The maximum Gasteiger partial charge on any atom is 0.222 e. The Bertz CT molecular complexity index is 582. The van der Waals surface area contributed by atoms with E-state index < -0.39 is 5.60 Å². The van der Waals surface area contributed by atoms with Crippen molar-refractivity contribution in [2.24, 2.45) is 7.05 Å². The molecule has 6 nitrogen and oxygen atoms in total. The average Bonchev–Trinajstić information content (AvgIpc) is 2.64. The Labute approximate surface area is 145 Å². The summed E-state index contributed by atoms with van der Waals surface area (Å²) in [5.74, 6) is 0.187. The smallest absolute Gasteiger partial charge is 0.222 e. The van der Waals surface area contributed by atoms with Crippen molar-refractivity contribution >= 4 is 5.91 Å². The third-order valence-corrected chi connectivity index (χ3v) is 5.13. The van der Waals surface area contributed by atoms with E-state index >= 15 is 0 Å². The van der Waals surface area contributed by atoms with Crippen LogP contribution >= 0.6 is 0 Å². The van der Waals surface area contributed by atoms with Crippen molar-refractivity contribution in [2.75, 3.05) is 33.7 Å². The molecule has 1 N–H and O–H groups in total. The van der Waals surface area contributed by atoms with Crippen molar-refractivity contribution in [3.8, 4) is 0 Å². The highest BCUT2D eigenvalue weighted by Gasteiger charge is 2.31. The molecule has 2 rings (SSSR count). The van der Waals surface area contributed by atoms with Gasteiger partial charge in [0.25, 0.3) is 0 Å². The van der Waals surface area contributed by atoms with Gasteiger partial charge in [-0.3, -0.25) is 9.48 Å². The Balaban J connectivity index is 1.91. The first-order valence-corrected chi connectivity index (χ1v) is 8.86. The van der Waals surface area contributed by atoms with E-state index in [0.717, 1.165) is 37.2 Å². The van der Waals surface area contributed by atoms with Gasteiger partial charge in [0.15, 0.2) is 0 Å². The molecular formula is C18H32N4O2. The van der Waals surface area contributed by atoms with Crippen molar-refractivity contribution < 1.29 is 9.90 Å². The second-order valence-corrected chi connectivity index (χ2v) is 7.47. The number of carbonyl (C=O) groups is 1. The number of hydrogen-bond acceptors (Lipinski definition) is 4. The number of aryl methyl sites for hydroxylation is 2. The molecule has 1 amide bonds. The molecule has 2 heterocycles. The van der Waals surface area contributed by atoms with Gasteiger partial charge in [-0.1, -0.05) is 0 Å². The molecule has 0 spiro atoms. The molecule has 1 aromatic rings. The van der Waals surface area contributed by atoms with Gasteiger partial charge in [-0.05, 0) is 59.2 Å². The summed E-state index contributed by atoms with van der Waals surface area (Å²) in [6.07, 6.45) is 3.53. The minimum absolute atomic E-state index is 0.187. The van der Waals surface area contributed by atoms with Crippen LogP contribution in [0.4, 0.5) is 0 Å². The van der Waals surface area contributed by atoms with Crippen LogP contribution in [0.2, 0.25) is 0 Å². The molecular weight excluding hydrogens is 304 g/mol. The molecule has 1 aromatic heterocycles.